The molecule has 11 heteroatoms. The Bertz CT molecular complexity index is 746. The summed E-state index contributed by atoms with van der Waals surface area (Å²) in [5.41, 5.74) is 6.70. The van der Waals surface area contributed by atoms with Crippen molar-refractivity contribution < 1.29 is 32.6 Å². The number of nitrogens with zero attached hydrogens (tertiary/aromatic N) is 1. The zero-order chi connectivity index (χ0) is 22.5. The number of halogens is 3. The van der Waals surface area contributed by atoms with Crippen LogP contribution in [0, 0.1) is 18.3 Å². The molecule has 1 spiro atoms. The van der Waals surface area contributed by atoms with E-state index in [1.807, 2.05) is 13.8 Å². The van der Waals surface area contributed by atoms with Gasteiger partial charge in [-0.05, 0) is 44.4 Å². The lowest BCUT2D eigenvalue weighted by Gasteiger charge is -2.41. The van der Waals surface area contributed by atoms with Gasteiger partial charge in [0.2, 0.25) is 0 Å². The first kappa shape index (κ1) is 24.5. The Kier molecular flexibility index (Phi) is 8.23. The number of nitrogens with two attached hydrogens (primary N) is 1. The maximum absolute atomic E-state index is 12.5. The number of aliphatic carboxylic acids is 1. The topological polar surface area (TPSA) is 115 Å². The van der Waals surface area contributed by atoms with E-state index in [1.165, 1.54) is 37.0 Å². The molecule has 0 radical (unpaired) electrons. The number of nitrogens with one attached hydrogen (secondary N) is 1. The first-order valence-corrected chi connectivity index (χ1v) is 10.7. The van der Waals surface area contributed by atoms with E-state index in [2.05, 4.69) is 10.3 Å². The van der Waals surface area contributed by atoms with E-state index in [0.717, 1.165) is 36.1 Å². The third-order valence-electron chi connectivity index (χ3n) is 5.63. The van der Waals surface area contributed by atoms with Crippen molar-refractivity contribution >= 4 is 23.2 Å². The molecule has 0 bridgehead atoms. The molecule has 1 aromatic heterocycles. The summed E-state index contributed by atoms with van der Waals surface area (Å²) in [5, 5.41) is 11.1. The van der Waals surface area contributed by atoms with Crippen LogP contribution >= 0.6 is 11.3 Å². The number of carboxylic acid groups (broad SMARTS) is 1. The van der Waals surface area contributed by atoms with Gasteiger partial charge < -0.3 is 20.9 Å². The summed E-state index contributed by atoms with van der Waals surface area (Å²) < 4.78 is 37.5. The van der Waals surface area contributed by atoms with Gasteiger partial charge in [0.15, 0.2) is 0 Å². The van der Waals surface area contributed by atoms with E-state index >= 15 is 0 Å². The van der Waals surface area contributed by atoms with E-state index in [9.17, 15) is 18.0 Å². The normalized spacial score (nSPS) is 21.6. The van der Waals surface area contributed by atoms with Crippen molar-refractivity contribution in [2.45, 2.75) is 58.2 Å². The molecule has 1 amide bonds. The minimum Gasteiger partial charge on any atom is -0.475 e. The molecular weight excluding hydrogens is 423 g/mol. The van der Waals surface area contributed by atoms with Crippen molar-refractivity contribution in [1.29, 1.82) is 0 Å². The van der Waals surface area contributed by atoms with Gasteiger partial charge in [0.1, 0.15) is 10.7 Å². The second-order valence-corrected chi connectivity index (χ2v) is 9.10. The Morgan fingerprint density at radius 1 is 1.40 bits per heavy atom. The highest BCUT2D eigenvalue weighted by atomic mass is 32.1. The number of carbonyl (C=O) groups is 2. The summed E-state index contributed by atoms with van der Waals surface area (Å²) in [5.74, 6) is -2.30. The smallest absolute Gasteiger partial charge is 0.475 e. The van der Waals surface area contributed by atoms with Crippen LogP contribution in [0.15, 0.2) is 0 Å². The Labute approximate surface area is 177 Å². The highest BCUT2D eigenvalue weighted by Crippen LogP contribution is 2.47. The second-order valence-electron chi connectivity index (χ2n) is 7.87. The fraction of sp³-hybridized carbons (Fsp3) is 0.737. The number of carboxylic acids is 1. The van der Waals surface area contributed by atoms with Gasteiger partial charge in [-0.15, -0.1) is 11.3 Å². The van der Waals surface area contributed by atoms with Crippen LogP contribution in [-0.2, 0) is 9.53 Å². The number of carbonyl (C=O) groups excluding carboxylic acids is 1. The van der Waals surface area contributed by atoms with Crippen molar-refractivity contribution in [1.82, 2.24) is 10.3 Å². The summed E-state index contributed by atoms with van der Waals surface area (Å²) >= 11 is 1.51. The molecule has 1 aliphatic carbocycles. The van der Waals surface area contributed by atoms with E-state index in [-0.39, 0.29) is 11.9 Å². The predicted molar refractivity (Wildman–Crippen MR) is 105 cm³/mol. The number of amides is 1. The third kappa shape index (κ3) is 6.14. The van der Waals surface area contributed by atoms with Gasteiger partial charge in [0.25, 0.3) is 5.91 Å². The molecule has 2 heterocycles. The lowest BCUT2D eigenvalue weighted by Crippen LogP contribution is -2.44. The summed E-state index contributed by atoms with van der Waals surface area (Å²) in [6, 6.07) is -0.127. The molecule has 2 fully saturated rings. The zero-order valence-electron chi connectivity index (χ0n) is 17.1. The molecule has 7 nitrogen and oxygen atoms in total. The summed E-state index contributed by atoms with van der Waals surface area (Å²) in [4.78, 5) is 26.8. The first-order valence-electron chi connectivity index (χ1n) is 9.85. The maximum Gasteiger partial charge on any atom is 0.490 e. The van der Waals surface area contributed by atoms with Crippen molar-refractivity contribution in [2.24, 2.45) is 17.1 Å². The van der Waals surface area contributed by atoms with E-state index in [4.69, 9.17) is 20.4 Å². The molecule has 1 aliphatic heterocycles. The Morgan fingerprint density at radius 2 is 2.00 bits per heavy atom. The number of hydrogen-bond acceptors (Lipinski definition) is 6. The van der Waals surface area contributed by atoms with E-state index < -0.39 is 12.1 Å². The van der Waals surface area contributed by atoms with Crippen molar-refractivity contribution in [3.05, 3.63) is 15.6 Å². The minimum absolute atomic E-state index is 0.0645. The van der Waals surface area contributed by atoms with Crippen LogP contribution in [0.1, 0.15) is 65.4 Å². The number of aryl methyl sites for hydroxylation is 1. The van der Waals surface area contributed by atoms with Crippen LogP contribution in [0.25, 0.3) is 0 Å². The van der Waals surface area contributed by atoms with Crippen molar-refractivity contribution in [3.63, 3.8) is 0 Å². The Balaban J connectivity index is 0.000000396. The van der Waals surface area contributed by atoms with Gasteiger partial charge in [-0.1, -0.05) is 12.8 Å². The molecule has 2 aliphatic rings. The van der Waals surface area contributed by atoms with Gasteiger partial charge in [0.05, 0.1) is 12.6 Å². The first-order chi connectivity index (χ1) is 14.0. The average Bonchev–Trinajstić information content (AvgIpc) is 3.28. The quantitative estimate of drug-likeness (QED) is 0.646. The molecule has 0 aromatic carbocycles. The molecule has 170 valence electrons. The number of alkyl halides is 3. The summed E-state index contributed by atoms with van der Waals surface area (Å²) in [6.45, 7) is 6.23. The van der Waals surface area contributed by atoms with Gasteiger partial charge >= 0.3 is 12.1 Å². The maximum atomic E-state index is 12.5. The Hall–Kier alpha value is -1.72. The highest BCUT2D eigenvalue weighted by Gasteiger charge is 2.43. The standard InChI is InChI=1S/C17H27N3O2S.C2HF3O2/c1-11(18)16-20-14(12(2)23-16)15(21)19-9-13-5-8-22-10-17(13)6-3-4-7-17;3-2(4,5)1(6)7/h11,13H,3-10,18H2,1-2H3,(H,19,21);(H,6,7). The number of rotatable bonds is 4. The van der Waals surface area contributed by atoms with Crippen LogP contribution in [0.4, 0.5) is 13.2 Å². The molecule has 1 saturated carbocycles. The van der Waals surface area contributed by atoms with E-state index in [0.29, 0.717) is 17.0 Å². The minimum atomic E-state index is -5.08. The number of aromatic nitrogens is 1. The monoisotopic (exact) mass is 451 g/mol. The molecular formula is C19H28F3N3O4S. The van der Waals surface area contributed by atoms with Gasteiger partial charge in [-0.25, -0.2) is 9.78 Å². The molecule has 30 heavy (non-hydrogen) atoms. The molecule has 2 atom stereocenters. The number of thiazole rings is 1. The van der Waals surface area contributed by atoms with Crippen molar-refractivity contribution in [2.75, 3.05) is 19.8 Å². The zero-order valence-corrected chi connectivity index (χ0v) is 17.9. The lowest BCUT2D eigenvalue weighted by atomic mass is 9.71. The summed E-state index contributed by atoms with van der Waals surface area (Å²) in [7, 11) is 0. The van der Waals surface area contributed by atoms with E-state index in [1.54, 1.807) is 0 Å². The van der Waals surface area contributed by atoms with Crippen LogP contribution in [0.5, 0.6) is 0 Å². The molecule has 1 saturated heterocycles. The average molecular weight is 452 g/mol. The van der Waals surface area contributed by atoms with Gasteiger partial charge in [-0.3, -0.25) is 4.79 Å². The number of hydrogen-bond donors (Lipinski definition) is 3. The molecule has 1 aromatic rings. The second kappa shape index (κ2) is 10.1. The Morgan fingerprint density at radius 3 is 2.50 bits per heavy atom. The summed E-state index contributed by atoms with van der Waals surface area (Å²) in [6.07, 6.45) is 1.01. The molecule has 3 rings (SSSR count). The highest BCUT2D eigenvalue weighted by molar-refractivity contribution is 7.11. The van der Waals surface area contributed by atoms with Crippen LogP contribution in [0.3, 0.4) is 0 Å². The van der Waals surface area contributed by atoms with Crippen molar-refractivity contribution in [3.8, 4) is 0 Å². The van der Waals surface area contributed by atoms with Crippen LogP contribution in [0.2, 0.25) is 0 Å². The molecule has 4 N–H and O–H groups in total. The SMILES string of the molecule is Cc1sc(C(C)N)nc1C(=O)NCC1CCOCC12CCCC2.O=C(O)C(F)(F)F. The fourth-order valence-electron chi connectivity index (χ4n) is 4.00. The largest absolute Gasteiger partial charge is 0.490 e. The van der Waals surface area contributed by atoms with Gasteiger partial charge in [0, 0.05) is 18.0 Å². The van der Waals surface area contributed by atoms with Crippen LogP contribution in [-0.4, -0.2) is 47.9 Å². The lowest BCUT2D eigenvalue weighted by molar-refractivity contribution is -0.192. The molecule has 2 unspecified atom stereocenters. The van der Waals surface area contributed by atoms with Crippen LogP contribution < -0.4 is 11.1 Å². The van der Waals surface area contributed by atoms with Gasteiger partial charge in [-0.2, -0.15) is 13.2 Å². The predicted octanol–water partition coefficient (Wildman–Crippen LogP) is 3.43. The number of ether oxygens (including phenoxy) is 1. The fourth-order valence-corrected chi connectivity index (χ4v) is 4.87. The third-order valence-corrected chi connectivity index (χ3v) is 6.81.